The highest BCUT2D eigenvalue weighted by Crippen LogP contribution is 2.21. The van der Waals surface area contributed by atoms with Gasteiger partial charge in [-0.3, -0.25) is 9.59 Å². The zero-order chi connectivity index (χ0) is 16.2. The lowest BCUT2D eigenvalue weighted by atomic mass is 10.2. The van der Waals surface area contributed by atoms with Gasteiger partial charge in [0.15, 0.2) is 0 Å². The standard InChI is InChI=1S/C17H14FN3O2/c18-13-5-2-1-4-11(13)17(23)20-10-16(22)21-15-7-3-6-14-12(15)8-9-19-14/h1-9,19H,10H2,(H,20,23)(H,21,22). The molecule has 3 rings (SSSR count). The maximum absolute atomic E-state index is 13.5. The van der Waals surface area contributed by atoms with E-state index in [0.717, 1.165) is 10.9 Å². The predicted molar refractivity (Wildman–Crippen MR) is 85.7 cm³/mol. The van der Waals surface area contributed by atoms with E-state index in [-0.39, 0.29) is 18.0 Å². The quantitative estimate of drug-likeness (QED) is 0.693. The number of hydrogen-bond acceptors (Lipinski definition) is 2. The number of carbonyl (C=O) groups excluding carboxylic acids is 2. The fourth-order valence-electron chi connectivity index (χ4n) is 2.29. The molecule has 0 saturated heterocycles. The maximum atomic E-state index is 13.5. The number of halogens is 1. The van der Waals surface area contributed by atoms with Crippen molar-refractivity contribution in [3.63, 3.8) is 0 Å². The van der Waals surface area contributed by atoms with Crippen molar-refractivity contribution in [2.45, 2.75) is 0 Å². The van der Waals surface area contributed by atoms with Gasteiger partial charge in [0.1, 0.15) is 5.82 Å². The van der Waals surface area contributed by atoms with E-state index < -0.39 is 11.7 Å². The third-order valence-electron chi connectivity index (χ3n) is 3.40. The van der Waals surface area contributed by atoms with E-state index >= 15 is 0 Å². The van der Waals surface area contributed by atoms with Gasteiger partial charge < -0.3 is 15.6 Å². The minimum absolute atomic E-state index is 0.0898. The Hall–Kier alpha value is -3.15. The zero-order valence-electron chi connectivity index (χ0n) is 12.1. The highest BCUT2D eigenvalue weighted by molar-refractivity contribution is 6.03. The molecule has 0 saturated carbocycles. The summed E-state index contributed by atoms with van der Waals surface area (Å²) in [5.74, 6) is -1.64. The Kier molecular flexibility index (Phi) is 4.05. The van der Waals surface area contributed by atoms with Gasteiger partial charge in [-0.1, -0.05) is 18.2 Å². The van der Waals surface area contributed by atoms with Gasteiger partial charge in [0.2, 0.25) is 5.91 Å². The van der Waals surface area contributed by atoms with Gasteiger partial charge in [-0.2, -0.15) is 0 Å². The molecule has 2 amide bonds. The normalized spacial score (nSPS) is 10.5. The molecule has 0 bridgehead atoms. The van der Waals surface area contributed by atoms with Crippen LogP contribution >= 0.6 is 0 Å². The number of fused-ring (bicyclic) bond motifs is 1. The highest BCUT2D eigenvalue weighted by atomic mass is 19.1. The first-order valence-electron chi connectivity index (χ1n) is 7.04. The number of aromatic amines is 1. The number of rotatable bonds is 4. The van der Waals surface area contributed by atoms with Gasteiger partial charge >= 0.3 is 0 Å². The number of hydrogen-bond donors (Lipinski definition) is 3. The Labute approximate surface area is 131 Å². The Morgan fingerprint density at radius 2 is 1.87 bits per heavy atom. The Morgan fingerprint density at radius 1 is 1.04 bits per heavy atom. The Bertz CT molecular complexity index is 873. The molecule has 3 N–H and O–H groups in total. The van der Waals surface area contributed by atoms with Crippen molar-refractivity contribution in [2.75, 3.05) is 11.9 Å². The summed E-state index contributed by atoms with van der Waals surface area (Å²) in [6.07, 6.45) is 1.78. The molecule has 0 aliphatic rings. The Balaban J connectivity index is 1.63. The van der Waals surface area contributed by atoms with Crippen LogP contribution in [0.3, 0.4) is 0 Å². The van der Waals surface area contributed by atoms with Crippen LogP contribution in [0.25, 0.3) is 10.9 Å². The van der Waals surface area contributed by atoms with Crippen LogP contribution < -0.4 is 10.6 Å². The second kappa shape index (κ2) is 6.31. The van der Waals surface area contributed by atoms with Gasteiger partial charge in [-0.25, -0.2) is 4.39 Å². The monoisotopic (exact) mass is 311 g/mol. The second-order valence-electron chi connectivity index (χ2n) is 4.96. The van der Waals surface area contributed by atoms with Crippen LogP contribution in [0.5, 0.6) is 0 Å². The van der Waals surface area contributed by atoms with Crippen molar-refractivity contribution in [1.82, 2.24) is 10.3 Å². The number of benzene rings is 2. The van der Waals surface area contributed by atoms with E-state index in [1.165, 1.54) is 18.2 Å². The lowest BCUT2D eigenvalue weighted by Crippen LogP contribution is -2.33. The molecule has 116 valence electrons. The zero-order valence-corrected chi connectivity index (χ0v) is 12.1. The molecule has 0 radical (unpaired) electrons. The van der Waals surface area contributed by atoms with Gasteiger partial charge in [-0.05, 0) is 30.3 Å². The van der Waals surface area contributed by atoms with E-state index in [1.807, 2.05) is 18.2 Å². The predicted octanol–water partition coefficient (Wildman–Crippen LogP) is 2.68. The molecule has 5 nitrogen and oxygen atoms in total. The lowest BCUT2D eigenvalue weighted by molar-refractivity contribution is -0.115. The van der Waals surface area contributed by atoms with Gasteiger partial charge in [0.05, 0.1) is 17.8 Å². The summed E-state index contributed by atoms with van der Waals surface area (Å²) in [7, 11) is 0. The van der Waals surface area contributed by atoms with Crippen LogP contribution in [0.2, 0.25) is 0 Å². The molecule has 0 unspecified atom stereocenters. The molecule has 0 fully saturated rings. The molecule has 1 aromatic heterocycles. The summed E-state index contributed by atoms with van der Waals surface area (Å²) in [6.45, 7) is -0.242. The van der Waals surface area contributed by atoms with Gasteiger partial charge in [0.25, 0.3) is 5.91 Å². The maximum Gasteiger partial charge on any atom is 0.254 e. The number of aromatic nitrogens is 1. The van der Waals surface area contributed by atoms with Gasteiger partial charge in [0, 0.05) is 17.1 Å². The summed E-state index contributed by atoms with van der Waals surface area (Å²) in [4.78, 5) is 26.9. The average Bonchev–Trinajstić information content (AvgIpc) is 3.03. The third-order valence-corrected chi connectivity index (χ3v) is 3.40. The second-order valence-corrected chi connectivity index (χ2v) is 4.96. The largest absolute Gasteiger partial charge is 0.361 e. The summed E-state index contributed by atoms with van der Waals surface area (Å²) in [5, 5.41) is 6.00. The van der Waals surface area contributed by atoms with Crippen LogP contribution in [0.15, 0.2) is 54.7 Å². The highest BCUT2D eigenvalue weighted by Gasteiger charge is 2.12. The van der Waals surface area contributed by atoms with Crippen LogP contribution in [0.1, 0.15) is 10.4 Å². The molecule has 1 heterocycles. The fourth-order valence-corrected chi connectivity index (χ4v) is 2.29. The van der Waals surface area contributed by atoms with Crippen LogP contribution in [-0.4, -0.2) is 23.3 Å². The minimum Gasteiger partial charge on any atom is -0.361 e. The van der Waals surface area contributed by atoms with Crippen LogP contribution in [-0.2, 0) is 4.79 Å². The number of H-pyrrole nitrogens is 1. The summed E-state index contributed by atoms with van der Waals surface area (Å²) >= 11 is 0. The molecular weight excluding hydrogens is 297 g/mol. The number of amides is 2. The van der Waals surface area contributed by atoms with Gasteiger partial charge in [-0.15, -0.1) is 0 Å². The molecule has 0 atom stereocenters. The van der Waals surface area contributed by atoms with Crippen LogP contribution in [0.4, 0.5) is 10.1 Å². The fraction of sp³-hybridized carbons (Fsp3) is 0.0588. The topological polar surface area (TPSA) is 74.0 Å². The first-order valence-corrected chi connectivity index (χ1v) is 7.04. The van der Waals surface area contributed by atoms with Crippen molar-refractivity contribution in [3.8, 4) is 0 Å². The molecule has 6 heteroatoms. The van der Waals surface area contributed by atoms with E-state index in [1.54, 1.807) is 18.3 Å². The van der Waals surface area contributed by atoms with Crippen molar-refractivity contribution in [2.24, 2.45) is 0 Å². The van der Waals surface area contributed by atoms with Crippen LogP contribution in [0, 0.1) is 5.82 Å². The van der Waals surface area contributed by atoms with E-state index in [0.29, 0.717) is 5.69 Å². The molecular formula is C17H14FN3O2. The first-order chi connectivity index (χ1) is 11.1. The molecule has 0 spiro atoms. The molecule has 3 aromatic rings. The third kappa shape index (κ3) is 3.21. The number of carbonyl (C=O) groups is 2. The van der Waals surface area contributed by atoms with E-state index in [2.05, 4.69) is 15.6 Å². The summed E-state index contributed by atoms with van der Waals surface area (Å²) < 4.78 is 13.5. The molecule has 23 heavy (non-hydrogen) atoms. The first kappa shape index (κ1) is 14.8. The lowest BCUT2D eigenvalue weighted by Gasteiger charge is -2.08. The summed E-state index contributed by atoms with van der Waals surface area (Å²) in [6, 6.07) is 12.9. The smallest absolute Gasteiger partial charge is 0.254 e. The average molecular weight is 311 g/mol. The van der Waals surface area contributed by atoms with Crippen molar-refractivity contribution < 1.29 is 14.0 Å². The van der Waals surface area contributed by atoms with Crippen molar-refractivity contribution >= 4 is 28.4 Å². The van der Waals surface area contributed by atoms with E-state index in [9.17, 15) is 14.0 Å². The SMILES string of the molecule is O=C(CNC(=O)c1ccccc1F)Nc1cccc2[nH]ccc12. The number of nitrogens with one attached hydrogen (secondary N) is 3. The minimum atomic E-state index is -0.627. The molecule has 2 aromatic carbocycles. The van der Waals surface area contributed by atoms with E-state index in [4.69, 9.17) is 0 Å². The van der Waals surface area contributed by atoms with Crippen molar-refractivity contribution in [1.29, 1.82) is 0 Å². The summed E-state index contributed by atoms with van der Waals surface area (Å²) in [5.41, 5.74) is 1.46. The molecule has 0 aliphatic carbocycles. The number of anilines is 1. The Morgan fingerprint density at radius 3 is 2.70 bits per heavy atom. The van der Waals surface area contributed by atoms with Crippen molar-refractivity contribution in [3.05, 3.63) is 66.1 Å². The molecule has 0 aliphatic heterocycles.